The van der Waals surface area contributed by atoms with E-state index in [1.807, 2.05) is 30.3 Å². The van der Waals surface area contributed by atoms with E-state index >= 15 is 0 Å². The predicted octanol–water partition coefficient (Wildman–Crippen LogP) is 4.08. The number of carbonyl (C=O) groups excluding carboxylic acids is 3. The van der Waals surface area contributed by atoms with E-state index in [1.54, 1.807) is 42.5 Å². The smallest absolute Gasteiger partial charge is 0.279 e. The molecule has 1 aliphatic heterocycles. The standard InChI is InChI=1S/C24H18ClN3O4/c25-20-21(24(32)28(23(20)31)14-15-6-2-1-3-7-15)26-17-12-10-16(11-13-17)22(30)27-18-8-4-5-9-19(18)29/h1-13,26,29H,14H2,(H,27,30). The fourth-order valence-electron chi connectivity index (χ4n) is 3.19. The summed E-state index contributed by atoms with van der Waals surface area (Å²) in [7, 11) is 0. The Labute approximate surface area is 188 Å². The SMILES string of the molecule is O=C(Nc1ccccc1O)c1ccc(NC2=C(Cl)C(=O)N(Cc3ccccc3)C2=O)cc1. The van der Waals surface area contributed by atoms with E-state index in [1.165, 1.54) is 6.07 Å². The summed E-state index contributed by atoms with van der Waals surface area (Å²) in [4.78, 5) is 38.7. The second-order valence-corrected chi connectivity index (χ2v) is 7.42. The molecule has 0 aromatic heterocycles. The average molecular weight is 448 g/mol. The van der Waals surface area contributed by atoms with Crippen LogP contribution in [0.1, 0.15) is 15.9 Å². The van der Waals surface area contributed by atoms with Crippen molar-refractivity contribution in [1.29, 1.82) is 0 Å². The largest absolute Gasteiger partial charge is 0.506 e. The average Bonchev–Trinajstić information content (AvgIpc) is 3.00. The van der Waals surface area contributed by atoms with Gasteiger partial charge in [-0.1, -0.05) is 54.1 Å². The summed E-state index contributed by atoms with van der Waals surface area (Å²) >= 11 is 6.14. The lowest BCUT2D eigenvalue weighted by Crippen LogP contribution is -2.31. The molecule has 1 aliphatic rings. The van der Waals surface area contributed by atoms with Crippen LogP contribution < -0.4 is 10.6 Å². The van der Waals surface area contributed by atoms with Crippen molar-refractivity contribution >= 4 is 40.7 Å². The number of amides is 3. The van der Waals surface area contributed by atoms with Gasteiger partial charge in [0.05, 0.1) is 12.2 Å². The lowest BCUT2D eigenvalue weighted by atomic mass is 10.1. The van der Waals surface area contributed by atoms with E-state index in [-0.39, 0.29) is 23.0 Å². The van der Waals surface area contributed by atoms with Crippen molar-refractivity contribution in [1.82, 2.24) is 4.90 Å². The number of nitrogens with one attached hydrogen (secondary N) is 2. The molecule has 0 saturated heterocycles. The first-order valence-corrected chi connectivity index (χ1v) is 10.1. The molecule has 3 aromatic carbocycles. The van der Waals surface area contributed by atoms with Crippen LogP contribution in [0.15, 0.2) is 89.6 Å². The van der Waals surface area contributed by atoms with Crippen molar-refractivity contribution in [3.05, 3.63) is 101 Å². The maximum Gasteiger partial charge on any atom is 0.279 e. The van der Waals surface area contributed by atoms with Crippen molar-refractivity contribution in [2.24, 2.45) is 0 Å². The quantitative estimate of drug-likeness (QED) is 0.390. The fourth-order valence-corrected chi connectivity index (χ4v) is 3.42. The van der Waals surface area contributed by atoms with Crippen LogP contribution in [0.3, 0.4) is 0 Å². The molecule has 32 heavy (non-hydrogen) atoms. The van der Waals surface area contributed by atoms with E-state index in [4.69, 9.17) is 11.6 Å². The number of hydrogen-bond donors (Lipinski definition) is 3. The number of rotatable bonds is 6. The lowest BCUT2D eigenvalue weighted by Gasteiger charge is -2.15. The highest BCUT2D eigenvalue weighted by Crippen LogP contribution is 2.27. The minimum Gasteiger partial charge on any atom is -0.506 e. The maximum atomic E-state index is 12.8. The number of phenolic OH excluding ortho intramolecular Hbond substituents is 1. The minimum absolute atomic E-state index is 0.0148. The van der Waals surface area contributed by atoms with E-state index in [2.05, 4.69) is 10.6 Å². The molecule has 0 unspecified atom stereocenters. The van der Waals surface area contributed by atoms with Gasteiger partial charge < -0.3 is 15.7 Å². The molecule has 4 rings (SSSR count). The van der Waals surface area contributed by atoms with Crippen LogP contribution >= 0.6 is 11.6 Å². The summed E-state index contributed by atoms with van der Waals surface area (Å²) in [6, 6.07) is 21.8. The van der Waals surface area contributed by atoms with Crippen LogP contribution in [-0.4, -0.2) is 27.7 Å². The van der Waals surface area contributed by atoms with Gasteiger partial charge in [-0.25, -0.2) is 0 Å². The molecule has 1 heterocycles. The molecule has 160 valence electrons. The Morgan fingerprint density at radius 2 is 1.53 bits per heavy atom. The first-order chi connectivity index (χ1) is 15.4. The van der Waals surface area contributed by atoms with Crippen LogP contribution in [-0.2, 0) is 16.1 Å². The molecule has 3 aromatic rings. The molecule has 0 fully saturated rings. The van der Waals surface area contributed by atoms with E-state index < -0.39 is 17.7 Å². The van der Waals surface area contributed by atoms with E-state index in [0.717, 1.165) is 10.5 Å². The fraction of sp³-hybridized carbons (Fsp3) is 0.0417. The van der Waals surface area contributed by atoms with Crippen LogP contribution in [0.4, 0.5) is 11.4 Å². The van der Waals surface area contributed by atoms with Crippen molar-refractivity contribution in [2.45, 2.75) is 6.54 Å². The van der Waals surface area contributed by atoms with Gasteiger partial charge in [-0.2, -0.15) is 0 Å². The van der Waals surface area contributed by atoms with Crippen LogP contribution in [0.25, 0.3) is 0 Å². The molecule has 0 atom stereocenters. The van der Waals surface area contributed by atoms with Crippen molar-refractivity contribution < 1.29 is 19.5 Å². The number of benzene rings is 3. The van der Waals surface area contributed by atoms with Crippen molar-refractivity contribution in [3.63, 3.8) is 0 Å². The number of nitrogens with zero attached hydrogens (tertiary/aromatic N) is 1. The molecule has 0 spiro atoms. The molecule has 0 saturated carbocycles. The van der Waals surface area contributed by atoms with Crippen molar-refractivity contribution in [2.75, 3.05) is 10.6 Å². The highest BCUT2D eigenvalue weighted by Gasteiger charge is 2.37. The van der Waals surface area contributed by atoms with Crippen LogP contribution in [0, 0.1) is 0 Å². The van der Waals surface area contributed by atoms with Gasteiger partial charge in [0.2, 0.25) is 0 Å². The van der Waals surface area contributed by atoms with Gasteiger partial charge >= 0.3 is 0 Å². The topological polar surface area (TPSA) is 98.7 Å². The Balaban J connectivity index is 1.45. The number of phenols is 1. The maximum absolute atomic E-state index is 12.8. The Hall–Kier alpha value is -4.10. The number of hydrogen-bond acceptors (Lipinski definition) is 5. The normalized spacial score (nSPS) is 13.5. The summed E-state index contributed by atoms with van der Waals surface area (Å²) in [6.07, 6.45) is 0. The Bertz CT molecular complexity index is 1220. The molecule has 0 bridgehead atoms. The molecule has 0 radical (unpaired) electrons. The summed E-state index contributed by atoms with van der Waals surface area (Å²) in [6.45, 7) is 0.116. The minimum atomic E-state index is -0.568. The van der Waals surface area contributed by atoms with Gasteiger partial charge in [0.25, 0.3) is 17.7 Å². The molecular weight excluding hydrogens is 430 g/mol. The zero-order chi connectivity index (χ0) is 22.7. The third-order valence-corrected chi connectivity index (χ3v) is 5.21. The zero-order valence-electron chi connectivity index (χ0n) is 16.7. The highest BCUT2D eigenvalue weighted by molar-refractivity contribution is 6.48. The predicted molar refractivity (Wildman–Crippen MR) is 121 cm³/mol. The van der Waals surface area contributed by atoms with Gasteiger partial charge in [-0.15, -0.1) is 0 Å². The number of anilines is 2. The van der Waals surface area contributed by atoms with Gasteiger partial charge in [0, 0.05) is 11.3 Å². The van der Waals surface area contributed by atoms with Gasteiger partial charge in [0.1, 0.15) is 16.5 Å². The van der Waals surface area contributed by atoms with E-state index in [0.29, 0.717) is 16.9 Å². The lowest BCUT2D eigenvalue weighted by molar-refractivity contribution is -0.138. The Morgan fingerprint density at radius 1 is 0.875 bits per heavy atom. The first-order valence-electron chi connectivity index (χ1n) is 9.70. The van der Waals surface area contributed by atoms with Crippen molar-refractivity contribution in [3.8, 4) is 5.75 Å². The summed E-state index contributed by atoms with van der Waals surface area (Å²) < 4.78 is 0. The number of imide groups is 1. The van der Waals surface area contributed by atoms with Gasteiger partial charge in [0.15, 0.2) is 0 Å². The Kier molecular flexibility index (Phi) is 5.91. The number of aromatic hydroxyl groups is 1. The van der Waals surface area contributed by atoms with Crippen LogP contribution in [0.2, 0.25) is 0 Å². The molecule has 0 aliphatic carbocycles. The molecule has 7 nitrogen and oxygen atoms in total. The first kappa shape index (κ1) is 21.1. The molecule has 8 heteroatoms. The summed E-state index contributed by atoms with van der Waals surface area (Å²) in [5.74, 6) is -1.53. The third-order valence-electron chi connectivity index (χ3n) is 4.86. The second kappa shape index (κ2) is 8.95. The third kappa shape index (κ3) is 4.33. The Morgan fingerprint density at radius 3 is 2.22 bits per heavy atom. The van der Waals surface area contributed by atoms with Gasteiger partial charge in [-0.3, -0.25) is 19.3 Å². The van der Waals surface area contributed by atoms with E-state index in [9.17, 15) is 19.5 Å². The number of halogens is 1. The second-order valence-electron chi connectivity index (χ2n) is 7.04. The van der Waals surface area contributed by atoms with Crippen LogP contribution in [0.5, 0.6) is 5.75 Å². The monoisotopic (exact) mass is 447 g/mol. The summed E-state index contributed by atoms with van der Waals surface area (Å²) in [5.41, 5.74) is 1.92. The zero-order valence-corrected chi connectivity index (χ0v) is 17.5. The number of para-hydroxylation sites is 2. The molecular formula is C24H18ClN3O4. The highest BCUT2D eigenvalue weighted by atomic mass is 35.5. The van der Waals surface area contributed by atoms with Gasteiger partial charge in [-0.05, 0) is 42.0 Å². The summed E-state index contributed by atoms with van der Waals surface area (Å²) in [5, 5.41) is 15.1. The molecule has 3 amide bonds. The molecule has 3 N–H and O–H groups in total. The number of carbonyl (C=O) groups is 3.